The largest absolute Gasteiger partial charge is 0.497 e. The van der Waals surface area contributed by atoms with Crippen LogP contribution in [0.15, 0.2) is 29.8 Å². The fourth-order valence-electron chi connectivity index (χ4n) is 6.06. The van der Waals surface area contributed by atoms with Crippen LogP contribution in [0.3, 0.4) is 0 Å². The zero-order valence-electron chi connectivity index (χ0n) is 17.4. The molecule has 6 nitrogen and oxygen atoms in total. The summed E-state index contributed by atoms with van der Waals surface area (Å²) in [6.45, 7) is 0.298. The SMILES string of the molecule is COc1ccc(/C=C(\C#N)C(=O)OCC(=O)NCC23CC4CC(CC(C4)C2)C3)cc1. The van der Waals surface area contributed by atoms with Gasteiger partial charge in [0.25, 0.3) is 5.91 Å². The van der Waals surface area contributed by atoms with E-state index in [0.717, 1.165) is 17.8 Å². The highest BCUT2D eigenvalue weighted by atomic mass is 16.5. The van der Waals surface area contributed by atoms with E-state index in [0.29, 0.717) is 17.9 Å². The van der Waals surface area contributed by atoms with Crippen molar-refractivity contribution in [1.29, 1.82) is 5.26 Å². The van der Waals surface area contributed by atoms with E-state index >= 15 is 0 Å². The summed E-state index contributed by atoms with van der Waals surface area (Å²) in [5.41, 5.74) is 0.769. The molecule has 0 radical (unpaired) electrons. The summed E-state index contributed by atoms with van der Waals surface area (Å²) in [7, 11) is 1.57. The van der Waals surface area contributed by atoms with E-state index in [-0.39, 0.29) is 23.5 Å². The monoisotopic (exact) mass is 408 g/mol. The van der Waals surface area contributed by atoms with Crippen LogP contribution in [-0.4, -0.2) is 32.1 Å². The second kappa shape index (κ2) is 8.51. The summed E-state index contributed by atoms with van der Waals surface area (Å²) in [5.74, 6) is 2.06. The lowest BCUT2D eigenvalue weighted by Gasteiger charge is -2.56. The van der Waals surface area contributed by atoms with Crippen molar-refractivity contribution in [2.24, 2.45) is 23.2 Å². The number of hydrogen-bond acceptors (Lipinski definition) is 5. The first kappa shape index (κ1) is 20.5. The minimum absolute atomic E-state index is 0.144. The van der Waals surface area contributed by atoms with E-state index in [1.807, 2.05) is 6.07 Å². The molecule has 0 saturated heterocycles. The van der Waals surface area contributed by atoms with Crippen molar-refractivity contribution in [1.82, 2.24) is 5.32 Å². The molecule has 1 amide bonds. The molecule has 1 N–H and O–H groups in total. The molecule has 4 fully saturated rings. The van der Waals surface area contributed by atoms with Gasteiger partial charge in [-0.2, -0.15) is 5.26 Å². The Labute approximate surface area is 177 Å². The van der Waals surface area contributed by atoms with Crippen molar-refractivity contribution in [3.8, 4) is 11.8 Å². The maximum absolute atomic E-state index is 12.3. The molecule has 5 rings (SSSR count). The summed E-state index contributed by atoms with van der Waals surface area (Å²) in [6.07, 6.45) is 9.16. The van der Waals surface area contributed by atoms with Crippen LogP contribution >= 0.6 is 0 Å². The standard InChI is InChI=1S/C24H28N2O4/c1-29-21-4-2-16(3-5-21)9-20(13-25)23(28)30-14-22(27)26-15-24-10-17-6-18(11-24)8-19(7-17)12-24/h2-5,9,17-19H,6-8,10-12,14-15H2,1H3,(H,26,27)/b20-9+. The summed E-state index contributed by atoms with van der Waals surface area (Å²) < 4.78 is 10.2. The predicted molar refractivity (Wildman–Crippen MR) is 111 cm³/mol. The van der Waals surface area contributed by atoms with Crippen molar-refractivity contribution in [2.45, 2.75) is 38.5 Å². The first-order chi connectivity index (χ1) is 14.5. The number of amides is 1. The van der Waals surface area contributed by atoms with Crippen molar-refractivity contribution in [3.05, 3.63) is 35.4 Å². The molecule has 30 heavy (non-hydrogen) atoms. The topological polar surface area (TPSA) is 88.4 Å². The molecule has 0 heterocycles. The first-order valence-electron chi connectivity index (χ1n) is 10.7. The zero-order chi connectivity index (χ0) is 21.1. The lowest BCUT2D eigenvalue weighted by atomic mass is 9.49. The molecule has 6 heteroatoms. The number of rotatable bonds is 7. The van der Waals surface area contributed by atoms with Crippen LogP contribution in [0.5, 0.6) is 5.75 Å². The van der Waals surface area contributed by atoms with Crippen LogP contribution in [0.4, 0.5) is 0 Å². The third kappa shape index (κ3) is 4.51. The Morgan fingerprint density at radius 3 is 2.27 bits per heavy atom. The fourth-order valence-corrected chi connectivity index (χ4v) is 6.06. The normalized spacial score (nSPS) is 29.2. The van der Waals surface area contributed by atoms with Crippen LogP contribution in [0.25, 0.3) is 6.08 Å². The number of esters is 1. The molecule has 1 aromatic rings. The second-order valence-corrected chi connectivity index (χ2v) is 9.21. The van der Waals surface area contributed by atoms with Crippen LogP contribution in [0.1, 0.15) is 44.1 Å². The van der Waals surface area contributed by atoms with Gasteiger partial charge in [0.05, 0.1) is 7.11 Å². The minimum atomic E-state index is -0.793. The van der Waals surface area contributed by atoms with Gasteiger partial charge >= 0.3 is 5.97 Å². The molecule has 4 saturated carbocycles. The van der Waals surface area contributed by atoms with Gasteiger partial charge in [-0.05, 0) is 85.5 Å². The molecule has 4 aliphatic rings. The number of nitrogens with zero attached hydrogens (tertiary/aromatic N) is 1. The number of ether oxygens (including phenoxy) is 2. The number of carbonyl (C=O) groups is 2. The molecule has 4 bridgehead atoms. The Bertz CT molecular complexity index is 846. The predicted octanol–water partition coefficient (Wildman–Crippen LogP) is 3.48. The molecule has 0 unspecified atom stereocenters. The summed E-state index contributed by atoms with van der Waals surface area (Å²) in [5, 5.41) is 12.3. The van der Waals surface area contributed by atoms with E-state index in [4.69, 9.17) is 9.47 Å². The quantitative estimate of drug-likeness (QED) is 0.424. The molecular weight excluding hydrogens is 380 g/mol. The molecule has 158 valence electrons. The lowest BCUT2D eigenvalue weighted by molar-refractivity contribution is -0.144. The van der Waals surface area contributed by atoms with Crippen LogP contribution < -0.4 is 10.1 Å². The van der Waals surface area contributed by atoms with Crippen LogP contribution in [0, 0.1) is 34.5 Å². The maximum atomic E-state index is 12.3. The summed E-state index contributed by atoms with van der Waals surface area (Å²) >= 11 is 0. The highest BCUT2D eigenvalue weighted by Gasteiger charge is 2.50. The van der Waals surface area contributed by atoms with Gasteiger partial charge in [-0.15, -0.1) is 0 Å². The van der Waals surface area contributed by atoms with E-state index in [9.17, 15) is 14.9 Å². The van der Waals surface area contributed by atoms with Gasteiger partial charge in [-0.1, -0.05) is 12.1 Å². The van der Waals surface area contributed by atoms with Gasteiger partial charge in [0, 0.05) is 6.54 Å². The van der Waals surface area contributed by atoms with Crippen molar-refractivity contribution in [3.63, 3.8) is 0 Å². The molecule has 0 aromatic heterocycles. The van der Waals surface area contributed by atoms with Crippen molar-refractivity contribution in [2.75, 3.05) is 20.3 Å². The number of methoxy groups -OCH3 is 1. The van der Waals surface area contributed by atoms with E-state index in [2.05, 4.69) is 5.32 Å². The number of nitriles is 1. The number of hydrogen-bond donors (Lipinski definition) is 1. The smallest absolute Gasteiger partial charge is 0.349 e. The Hall–Kier alpha value is -2.81. The number of nitrogens with one attached hydrogen (secondary N) is 1. The van der Waals surface area contributed by atoms with Crippen molar-refractivity contribution < 1.29 is 19.1 Å². The minimum Gasteiger partial charge on any atom is -0.497 e. The molecular formula is C24H28N2O4. The average Bonchev–Trinajstić information content (AvgIpc) is 2.74. The second-order valence-electron chi connectivity index (χ2n) is 9.21. The first-order valence-corrected chi connectivity index (χ1v) is 10.7. The summed E-state index contributed by atoms with van der Waals surface area (Å²) in [6, 6.07) is 8.80. The Morgan fingerprint density at radius 1 is 1.13 bits per heavy atom. The highest BCUT2D eigenvalue weighted by Crippen LogP contribution is 2.59. The van der Waals surface area contributed by atoms with Gasteiger partial charge in [0.15, 0.2) is 6.61 Å². The molecule has 0 atom stereocenters. The van der Waals surface area contributed by atoms with Gasteiger partial charge < -0.3 is 14.8 Å². The van der Waals surface area contributed by atoms with E-state index < -0.39 is 5.97 Å². The lowest BCUT2D eigenvalue weighted by Crippen LogP contribution is -2.51. The van der Waals surface area contributed by atoms with E-state index in [1.54, 1.807) is 31.4 Å². The van der Waals surface area contributed by atoms with E-state index in [1.165, 1.54) is 44.6 Å². The fraction of sp³-hybridized carbons (Fsp3) is 0.542. The third-order valence-electron chi connectivity index (χ3n) is 6.93. The molecule has 0 spiro atoms. The van der Waals surface area contributed by atoms with Gasteiger partial charge in [0.1, 0.15) is 17.4 Å². The Kier molecular flexibility index (Phi) is 5.80. The van der Waals surface area contributed by atoms with Crippen molar-refractivity contribution >= 4 is 18.0 Å². The highest BCUT2D eigenvalue weighted by molar-refractivity contribution is 5.98. The molecule has 1 aromatic carbocycles. The number of benzene rings is 1. The molecule has 0 aliphatic heterocycles. The van der Waals surface area contributed by atoms with Crippen LogP contribution in [0.2, 0.25) is 0 Å². The van der Waals surface area contributed by atoms with Crippen LogP contribution in [-0.2, 0) is 14.3 Å². The zero-order valence-corrected chi connectivity index (χ0v) is 17.4. The maximum Gasteiger partial charge on any atom is 0.349 e. The molecule has 4 aliphatic carbocycles. The van der Waals surface area contributed by atoms with Gasteiger partial charge in [-0.25, -0.2) is 4.79 Å². The Balaban J connectivity index is 1.27. The average molecular weight is 408 g/mol. The number of carbonyl (C=O) groups excluding carboxylic acids is 2. The Morgan fingerprint density at radius 2 is 1.73 bits per heavy atom. The summed E-state index contributed by atoms with van der Waals surface area (Å²) in [4.78, 5) is 24.5. The van der Waals surface area contributed by atoms with Gasteiger partial charge in [-0.3, -0.25) is 4.79 Å². The van der Waals surface area contributed by atoms with Gasteiger partial charge in [0.2, 0.25) is 0 Å². The third-order valence-corrected chi connectivity index (χ3v) is 6.93.